The van der Waals surface area contributed by atoms with E-state index in [4.69, 9.17) is 0 Å². The van der Waals surface area contributed by atoms with Crippen LogP contribution in [-0.2, 0) is 14.6 Å². The molecule has 0 aromatic heterocycles. The molecule has 0 aliphatic heterocycles. The van der Waals surface area contributed by atoms with Gasteiger partial charge in [0, 0.05) is 6.42 Å². The zero-order chi connectivity index (χ0) is 14.3. The summed E-state index contributed by atoms with van der Waals surface area (Å²) in [6, 6.07) is 5.73. The van der Waals surface area contributed by atoms with Crippen molar-refractivity contribution in [3.63, 3.8) is 0 Å². The lowest BCUT2D eigenvalue weighted by molar-refractivity contribution is -0.115. The van der Waals surface area contributed by atoms with Gasteiger partial charge in [0.05, 0.1) is 17.2 Å². The van der Waals surface area contributed by atoms with Gasteiger partial charge < -0.3 is 5.32 Å². The van der Waals surface area contributed by atoms with Crippen molar-refractivity contribution >= 4 is 21.4 Å². The van der Waals surface area contributed by atoms with Gasteiger partial charge in [0.25, 0.3) is 0 Å². The molecule has 6 heteroatoms. The Balaban J connectivity index is 2.51. The summed E-state index contributed by atoms with van der Waals surface area (Å²) < 4.78 is 36.3. The van der Waals surface area contributed by atoms with Crippen LogP contribution in [0, 0.1) is 5.82 Å². The van der Waals surface area contributed by atoms with Crippen molar-refractivity contribution in [2.75, 3.05) is 16.8 Å². The predicted octanol–water partition coefficient (Wildman–Crippen LogP) is 2.15. The Bertz CT molecular complexity index is 567. The maximum Gasteiger partial charge on any atom is 0.225 e. The zero-order valence-corrected chi connectivity index (χ0v) is 11.4. The second-order valence-electron chi connectivity index (χ2n) is 3.96. The molecule has 0 unspecified atom stereocenters. The first kappa shape index (κ1) is 15.4. The predicted molar refractivity (Wildman–Crippen MR) is 73.1 cm³/mol. The maximum atomic E-state index is 13.2. The third kappa shape index (κ3) is 5.65. The largest absolute Gasteiger partial charge is 0.324 e. The van der Waals surface area contributed by atoms with E-state index in [1.165, 1.54) is 24.3 Å². The first-order valence-corrected chi connectivity index (χ1v) is 7.62. The van der Waals surface area contributed by atoms with E-state index in [1.54, 1.807) is 19.1 Å². The van der Waals surface area contributed by atoms with Crippen LogP contribution in [0.2, 0.25) is 0 Å². The van der Waals surface area contributed by atoms with Gasteiger partial charge in [-0.2, -0.15) is 0 Å². The van der Waals surface area contributed by atoms with E-state index >= 15 is 0 Å². The van der Waals surface area contributed by atoms with E-state index in [0.29, 0.717) is 0 Å². The fourth-order valence-electron chi connectivity index (χ4n) is 1.35. The van der Waals surface area contributed by atoms with E-state index in [1.807, 2.05) is 0 Å². The molecule has 0 radical (unpaired) electrons. The Morgan fingerprint density at radius 2 is 2.05 bits per heavy atom. The lowest BCUT2D eigenvalue weighted by atomic mass is 10.3. The summed E-state index contributed by atoms with van der Waals surface area (Å²) in [5, 5.41) is 2.34. The van der Waals surface area contributed by atoms with Gasteiger partial charge in [-0.3, -0.25) is 4.79 Å². The van der Waals surface area contributed by atoms with Crippen molar-refractivity contribution in [3.8, 4) is 0 Å². The first-order chi connectivity index (χ1) is 8.94. The Kier molecular flexibility index (Phi) is 5.69. The van der Waals surface area contributed by atoms with Crippen LogP contribution >= 0.6 is 0 Å². The van der Waals surface area contributed by atoms with E-state index < -0.39 is 21.6 Å². The number of anilines is 1. The molecule has 0 saturated heterocycles. The van der Waals surface area contributed by atoms with Gasteiger partial charge in [-0.15, -0.1) is 0 Å². The number of nitrogens with one attached hydrogen (secondary N) is 1. The third-order valence-corrected chi connectivity index (χ3v) is 3.90. The molecule has 0 fully saturated rings. The number of sulfone groups is 1. The van der Waals surface area contributed by atoms with Gasteiger partial charge in [0.2, 0.25) is 5.91 Å². The highest BCUT2D eigenvalue weighted by Crippen LogP contribution is 2.12. The van der Waals surface area contributed by atoms with Gasteiger partial charge in [-0.25, -0.2) is 12.8 Å². The van der Waals surface area contributed by atoms with E-state index in [-0.39, 0.29) is 23.6 Å². The number of benzene rings is 1. The molecule has 1 rings (SSSR count). The zero-order valence-electron chi connectivity index (χ0n) is 10.6. The molecule has 0 aliphatic rings. The molecule has 1 aromatic carbocycles. The average molecular weight is 285 g/mol. The normalized spacial score (nSPS) is 11.7. The van der Waals surface area contributed by atoms with Crippen molar-refractivity contribution in [2.24, 2.45) is 0 Å². The van der Waals surface area contributed by atoms with E-state index in [0.717, 1.165) is 0 Å². The fourth-order valence-corrected chi connectivity index (χ4v) is 2.50. The van der Waals surface area contributed by atoms with Crippen LogP contribution in [0.3, 0.4) is 0 Å². The molecule has 4 nitrogen and oxygen atoms in total. The van der Waals surface area contributed by atoms with Gasteiger partial charge in [0.15, 0.2) is 9.84 Å². The third-order valence-electron chi connectivity index (χ3n) is 2.37. The maximum absolute atomic E-state index is 13.2. The van der Waals surface area contributed by atoms with E-state index in [2.05, 4.69) is 5.32 Å². The summed E-state index contributed by atoms with van der Waals surface area (Å²) in [4.78, 5) is 11.5. The minimum absolute atomic E-state index is 0.0540. The summed E-state index contributed by atoms with van der Waals surface area (Å²) in [7, 11) is -3.28. The van der Waals surface area contributed by atoms with Gasteiger partial charge >= 0.3 is 0 Å². The van der Waals surface area contributed by atoms with Gasteiger partial charge in [0.1, 0.15) is 5.82 Å². The molecule has 0 bridgehead atoms. The Labute approximate surface area is 112 Å². The van der Waals surface area contributed by atoms with Crippen LogP contribution in [0.15, 0.2) is 36.4 Å². The van der Waals surface area contributed by atoms with Crippen molar-refractivity contribution in [2.45, 2.75) is 13.3 Å². The highest BCUT2D eigenvalue weighted by molar-refractivity contribution is 7.91. The summed E-state index contributed by atoms with van der Waals surface area (Å²) in [5.74, 6) is -1.41. The Morgan fingerprint density at radius 1 is 1.37 bits per heavy atom. The standard InChI is InChI=1S/C13H16FNO3S/c1-2-3-9-19(17,18)10-8-13(16)15-12-7-5-4-6-11(12)14/h2-7H,8-10H2,1H3,(H,15,16). The topological polar surface area (TPSA) is 63.2 Å². The molecule has 0 saturated carbocycles. The first-order valence-electron chi connectivity index (χ1n) is 5.80. The average Bonchev–Trinajstić information content (AvgIpc) is 2.37. The van der Waals surface area contributed by atoms with Crippen molar-refractivity contribution in [1.82, 2.24) is 0 Å². The smallest absolute Gasteiger partial charge is 0.225 e. The number of rotatable bonds is 6. The molecule has 0 aliphatic carbocycles. The number of halogens is 1. The molecular weight excluding hydrogens is 269 g/mol. The van der Waals surface area contributed by atoms with Crippen LogP contribution in [0.5, 0.6) is 0 Å². The molecule has 104 valence electrons. The second kappa shape index (κ2) is 7.04. The number of carbonyl (C=O) groups excluding carboxylic acids is 1. The molecule has 0 heterocycles. The minimum atomic E-state index is -3.28. The minimum Gasteiger partial charge on any atom is -0.324 e. The lowest BCUT2D eigenvalue weighted by Gasteiger charge is -2.06. The summed E-state index contributed by atoms with van der Waals surface area (Å²) in [6.07, 6.45) is 2.97. The van der Waals surface area contributed by atoms with Gasteiger partial charge in [-0.05, 0) is 19.1 Å². The summed E-state index contributed by atoms with van der Waals surface area (Å²) >= 11 is 0. The number of para-hydroxylation sites is 1. The molecule has 19 heavy (non-hydrogen) atoms. The van der Waals surface area contributed by atoms with Crippen molar-refractivity contribution in [1.29, 1.82) is 0 Å². The van der Waals surface area contributed by atoms with Crippen LogP contribution in [-0.4, -0.2) is 25.8 Å². The Hall–Kier alpha value is -1.69. The number of amides is 1. The number of allylic oxidation sites excluding steroid dienone is 1. The Morgan fingerprint density at radius 3 is 2.68 bits per heavy atom. The number of hydrogen-bond donors (Lipinski definition) is 1. The summed E-state index contributed by atoms with van der Waals surface area (Å²) in [6.45, 7) is 1.72. The quantitative estimate of drug-likeness (QED) is 0.815. The summed E-state index contributed by atoms with van der Waals surface area (Å²) in [5.41, 5.74) is 0.0540. The molecule has 0 atom stereocenters. The SMILES string of the molecule is CC=CCS(=O)(=O)CCC(=O)Nc1ccccc1F. The van der Waals surface area contributed by atoms with Crippen LogP contribution in [0.25, 0.3) is 0 Å². The molecule has 0 spiro atoms. The van der Waals surface area contributed by atoms with E-state index in [9.17, 15) is 17.6 Å². The second-order valence-corrected chi connectivity index (χ2v) is 6.19. The lowest BCUT2D eigenvalue weighted by Crippen LogP contribution is -2.19. The fraction of sp³-hybridized carbons (Fsp3) is 0.308. The van der Waals surface area contributed by atoms with Crippen LogP contribution in [0.1, 0.15) is 13.3 Å². The molecule has 1 aromatic rings. The highest BCUT2D eigenvalue weighted by Gasteiger charge is 2.13. The van der Waals surface area contributed by atoms with Crippen molar-refractivity contribution in [3.05, 3.63) is 42.2 Å². The van der Waals surface area contributed by atoms with Crippen LogP contribution < -0.4 is 5.32 Å². The van der Waals surface area contributed by atoms with Crippen molar-refractivity contribution < 1.29 is 17.6 Å². The monoisotopic (exact) mass is 285 g/mol. The van der Waals surface area contributed by atoms with Crippen LogP contribution in [0.4, 0.5) is 10.1 Å². The molecular formula is C13H16FNO3S. The molecule has 1 N–H and O–H groups in total. The number of carbonyl (C=O) groups is 1. The molecule has 1 amide bonds. The van der Waals surface area contributed by atoms with Gasteiger partial charge in [-0.1, -0.05) is 24.3 Å². The highest BCUT2D eigenvalue weighted by atomic mass is 32.2. The number of hydrogen-bond acceptors (Lipinski definition) is 3.